The van der Waals surface area contributed by atoms with Crippen molar-refractivity contribution >= 4 is 29.4 Å². The molecule has 0 atom stereocenters. The summed E-state index contributed by atoms with van der Waals surface area (Å²) in [6.07, 6.45) is 1.34. The van der Waals surface area contributed by atoms with Gasteiger partial charge in [-0.2, -0.15) is 0 Å². The van der Waals surface area contributed by atoms with Crippen LogP contribution in [0.4, 0.5) is 0 Å². The average Bonchev–Trinajstić information content (AvgIpc) is 2.40. The van der Waals surface area contributed by atoms with Crippen LogP contribution in [0.5, 0.6) is 5.75 Å². The summed E-state index contributed by atoms with van der Waals surface area (Å²) in [5.41, 5.74) is 1.54. The fourth-order valence-corrected chi connectivity index (χ4v) is 2.05. The van der Waals surface area contributed by atoms with E-state index in [2.05, 4.69) is 5.16 Å². The van der Waals surface area contributed by atoms with Gasteiger partial charge in [-0.05, 0) is 42.0 Å². The Hall–Kier alpha value is -1.71. The molecule has 0 spiro atoms. The molecule has 3 nitrogen and oxygen atoms in total. The van der Waals surface area contributed by atoms with E-state index < -0.39 is 0 Å². The highest BCUT2D eigenvalue weighted by Gasteiger charge is 2.06. The summed E-state index contributed by atoms with van der Waals surface area (Å²) in [7, 11) is 0. The molecule has 0 aromatic heterocycles. The first-order chi connectivity index (χ1) is 9.20. The smallest absolute Gasteiger partial charge is 0.119 e. The summed E-state index contributed by atoms with van der Waals surface area (Å²) in [6, 6.07) is 12.5. The molecule has 0 saturated heterocycles. The molecule has 2 aromatic carbocycles. The Bertz CT molecular complexity index is 562. The largest absolute Gasteiger partial charge is 0.489 e. The lowest BCUT2D eigenvalue weighted by atomic mass is 10.2. The third-order valence-electron chi connectivity index (χ3n) is 2.53. The molecule has 0 fully saturated rings. The molecule has 5 heteroatoms. The van der Waals surface area contributed by atoms with Crippen LogP contribution in [0.1, 0.15) is 11.1 Å². The van der Waals surface area contributed by atoms with Crippen molar-refractivity contribution in [3.05, 3.63) is 63.6 Å². The van der Waals surface area contributed by atoms with E-state index in [1.54, 1.807) is 42.5 Å². The SMILES string of the molecule is ON=Cc1ccc(OCc2c(Cl)cccc2Cl)cc1. The van der Waals surface area contributed by atoms with Gasteiger partial charge in [0.25, 0.3) is 0 Å². The van der Waals surface area contributed by atoms with Crippen molar-refractivity contribution in [1.82, 2.24) is 0 Å². The lowest BCUT2D eigenvalue weighted by Gasteiger charge is -2.09. The van der Waals surface area contributed by atoms with Crippen molar-refractivity contribution < 1.29 is 9.94 Å². The van der Waals surface area contributed by atoms with Gasteiger partial charge in [0.05, 0.1) is 6.21 Å². The van der Waals surface area contributed by atoms with Crippen LogP contribution in [0.3, 0.4) is 0 Å². The number of nitrogens with zero attached hydrogens (tertiary/aromatic N) is 1. The van der Waals surface area contributed by atoms with E-state index in [4.69, 9.17) is 33.1 Å². The van der Waals surface area contributed by atoms with Gasteiger partial charge >= 0.3 is 0 Å². The maximum absolute atomic E-state index is 8.41. The van der Waals surface area contributed by atoms with E-state index >= 15 is 0 Å². The second-order valence-corrected chi connectivity index (χ2v) is 4.62. The zero-order chi connectivity index (χ0) is 13.7. The number of hydrogen-bond donors (Lipinski definition) is 1. The first kappa shape index (κ1) is 13.7. The highest BCUT2D eigenvalue weighted by molar-refractivity contribution is 6.35. The number of ether oxygens (including phenoxy) is 1. The van der Waals surface area contributed by atoms with Crippen LogP contribution >= 0.6 is 23.2 Å². The quantitative estimate of drug-likeness (QED) is 0.517. The van der Waals surface area contributed by atoms with E-state index in [0.29, 0.717) is 22.4 Å². The van der Waals surface area contributed by atoms with Crippen LogP contribution < -0.4 is 4.74 Å². The van der Waals surface area contributed by atoms with Crippen LogP contribution in [-0.4, -0.2) is 11.4 Å². The van der Waals surface area contributed by atoms with Gasteiger partial charge in [-0.1, -0.05) is 34.4 Å². The molecule has 0 aliphatic heterocycles. The molecule has 2 aromatic rings. The van der Waals surface area contributed by atoms with Crippen molar-refractivity contribution in [2.24, 2.45) is 5.16 Å². The summed E-state index contributed by atoms with van der Waals surface area (Å²) in [4.78, 5) is 0. The Morgan fingerprint density at radius 2 is 1.68 bits per heavy atom. The Morgan fingerprint density at radius 3 is 2.26 bits per heavy atom. The van der Waals surface area contributed by atoms with Gasteiger partial charge in [0, 0.05) is 15.6 Å². The first-order valence-electron chi connectivity index (χ1n) is 5.54. The van der Waals surface area contributed by atoms with E-state index in [0.717, 1.165) is 11.1 Å². The first-order valence-corrected chi connectivity index (χ1v) is 6.29. The molecule has 0 saturated carbocycles. The molecule has 0 bridgehead atoms. The second kappa shape index (κ2) is 6.45. The molecule has 1 N–H and O–H groups in total. The van der Waals surface area contributed by atoms with E-state index in [1.807, 2.05) is 0 Å². The zero-order valence-corrected chi connectivity index (χ0v) is 11.4. The lowest BCUT2D eigenvalue weighted by Crippen LogP contribution is -1.97. The summed E-state index contributed by atoms with van der Waals surface area (Å²) >= 11 is 12.1. The summed E-state index contributed by atoms with van der Waals surface area (Å²) < 4.78 is 5.61. The van der Waals surface area contributed by atoms with Gasteiger partial charge in [-0.15, -0.1) is 0 Å². The maximum Gasteiger partial charge on any atom is 0.119 e. The molecule has 0 aliphatic carbocycles. The Morgan fingerprint density at radius 1 is 1.05 bits per heavy atom. The minimum Gasteiger partial charge on any atom is -0.489 e. The monoisotopic (exact) mass is 295 g/mol. The standard InChI is InChI=1S/C14H11Cl2NO2/c15-13-2-1-3-14(16)12(13)9-19-11-6-4-10(5-7-11)8-17-18/h1-8,18H,9H2. The molecule has 19 heavy (non-hydrogen) atoms. The summed E-state index contributed by atoms with van der Waals surface area (Å²) in [5.74, 6) is 0.686. The third-order valence-corrected chi connectivity index (χ3v) is 3.24. The molecular formula is C14H11Cl2NO2. The topological polar surface area (TPSA) is 41.8 Å². The molecule has 0 aliphatic rings. The van der Waals surface area contributed by atoms with Crippen LogP contribution in [-0.2, 0) is 6.61 Å². The van der Waals surface area contributed by atoms with E-state index in [9.17, 15) is 0 Å². The molecule has 0 unspecified atom stereocenters. The van der Waals surface area contributed by atoms with Crippen molar-refractivity contribution in [2.75, 3.05) is 0 Å². The molecule has 98 valence electrons. The van der Waals surface area contributed by atoms with Gasteiger partial charge in [0.1, 0.15) is 12.4 Å². The Labute approximate surface area is 121 Å². The van der Waals surface area contributed by atoms with Crippen LogP contribution in [0, 0.1) is 0 Å². The number of hydrogen-bond acceptors (Lipinski definition) is 3. The summed E-state index contributed by atoms with van der Waals surface area (Å²) in [6.45, 7) is 0.298. The highest BCUT2D eigenvalue weighted by atomic mass is 35.5. The van der Waals surface area contributed by atoms with E-state index in [-0.39, 0.29) is 0 Å². The van der Waals surface area contributed by atoms with Gasteiger partial charge in [0.2, 0.25) is 0 Å². The van der Waals surface area contributed by atoms with Crippen molar-refractivity contribution in [3.63, 3.8) is 0 Å². The number of rotatable bonds is 4. The third kappa shape index (κ3) is 3.63. The molecular weight excluding hydrogens is 285 g/mol. The second-order valence-electron chi connectivity index (χ2n) is 3.80. The lowest BCUT2D eigenvalue weighted by molar-refractivity contribution is 0.306. The Balaban J connectivity index is 2.06. The predicted octanol–water partition coefficient (Wildman–Crippen LogP) is 4.38. The number of benzene rings is 2. The molecule has 0 heterocycles. The zero-order valence-electron chi connectivity index (χ0n) is 9.88. The van der Waals surface area contributed by atoms with Gasteiger partial charge in [0.15, 0.2) is 0 Å². The van der Waals surface area contributed by atoms with Crippen LogP contribution in [0.2, 0.25) is 10.0 Å². The molecule has 0 radical (unpaired) electrons. The van der Waals surface area contributed by atoms with E-state index in [1.165, 1.54) is 6.21 Å². The van der Waals surface area contributed by atoms with Gasteiger partial charge in [-0.3, -0.25) is 0 Å². The number of halogens is 2. The van der Waals surface area contributed by atoms with Crippen LogP contribution in [0.15, 0.2) is 47.6 Å². The fourth-order valence-electron chi connectivity index (χ4n) is 1.54. The molecule has 0 amide bonds. The molecule has 2 rings (SSSR count). The normalized spacial score (nSPS) is 10.8. The van der Waals surface area contributed by atoms with Gasteiger partial charge in [-0.25, -0.2) is 0 Å². The minimum absolute atomic E-state index is 0.298. The summed E-state index contributed by atoms with van der Waals surface area (Å²) in [5, 5.41) is 12.5. The van der Waals surface area contributed by atoms with Crippen molar-refractivity contribution in [3.8, 4) is 5.75 Å². The highest BCUT2D eigenvalue weighted by Crippen LogP contribution is 2.25. The van der Waals surface area contributed by atoms with Gasteiger partial charge < -0.3 is 9.94 Å². The maximum atomic E-state index is 8.41. The van der Waals surface area contributed by atoms with Crippen molar-refractivity contribution in [1.29, 1.82) is 0 Å². The predicted molar refractivity (Wildman–Crippen MR) is 76.6 cm³/mol. The van der Waals surface area contributed by atoms with Crippen LogP contribution in [0.25, 0.3) is 0 Å². The Kier molecular flexibility index (Phi) is 4.66. The minimum atomic E-state index is 0.298. The fraction of sp³-hybridized carbons (Fsp3) is 0.0714. The average molecular weight is 296 g/mol. The number of oxime groups is 1. The van der Waals surface area contributed by atoms with Crippen molar-refractivity contribution in [2.45, 2.75) is 6.61 Å².